The molecular weight excluding hydrogens is 475 g/mol. The van der Waals surface area contributed by atoms with E-state index >= 15 is 0 Å². The molecule has 1 aromatic heterocycles. The number of H-pyrrole nitrogens is 1. The van der Waals surface area contributed by atoms with Crippen LogP contribution in [-0.4, -0.2) is 24.0 Å². The van der Waals surface area contributed by atoms with Crippen molar-refractivity contribution in [2.24, 2.45) is 0 Å². The number of rotatable bonds is 11. The lowest BCUT2D eigenvalue weighted by Gasteiger charge is -2.24. The number of carbonyl (C=O) groups is 1. The number of nitrogens with one attached hydrogen (secondary N) is 3. The van der Waals surface area contributed by atoms with E-state index in [0.717, 1.165) is 72.4 Å². The summed E-state index contributed by atoms with van der Waals surface area (Å²) in [5.74, 6) is -0.443. The van der Waals surface area contributed by atoms with E-state index in [1.807, 2.05) is 63.2 Å². The average Bonchev–Trinajstić information content (AvgIpc) is 3.30. The predicted molar refractivity (Wildman–Crippen MR) is 161 cm³/mol. The van der Waals surface area contributed by atoms with E-state index in [4.69, 9.17) is 0 Å². The number of hydrogen-bond acceptors (Lipinski definition) is 3. The molecule has 202 valence electrons. The third kappa shape index (κ3) is 6.94. The third-order valence-corrected chi connectivity index (χ3v) is 6.39. The number of aromatic nitrogens is 1. The monoisotopic (exact) mass is 516 g/mol. The van der Waals surface area contributed by atoms with Crippen molar-refractivity contribution < 1.29 is 9.18 Å². The average molecular weight is 517 g/mol. The molecule has 5 nitrogen and oxygen atoms in total. The van der Waals surface area contributed by atoms with Crippen molar-refractivity contribution in [3.8, 4) is 0 Å². The standard InChI is InChI=1S/C30H35FN4O.C2H6/c1-4-7-19-35(18-5-2)23-15-12-21(13-16-23)30(36)34-29-24-17-14-22(20-28(24)33-26(29)6-3)32-27-11-9-8-10-25(27)31;1-2/h8-17,20,32-33H,4-7,18-19H2,1-3H3,(H,34,36);1-2H3. The molecular formula is C32H41FN4O. The Balaban J connectivity index is 0.00000195. The third-order valence-electron chi connectivity index (χ3n) is 6.39. The molecule has 0 saturated heterocycles. The van der Waals surface area contributed by atoms with Crippen molar-refractivity contribution in [3.05, 3.63) is 83.8 Å². The van der Waals surface area contributed by atoms with Gasteiger partial charge in [0.05, 0.1) is 11.4 Å². The summed E-state index contributed by atoms with van der Waals surface area (Å²) in [6.07, 6.45) is 4.14. The summed E-state index contributed by atoms with van der Waals surface area (Å²) in [5, 5.41) is 7.17. The van der Waals surface area contributed by atoms with Crippen LogP contribution in [-0.2, 0) is 6.42 Å². The minimum atomic E-state index is -0.305. The quantitative estimate of drug-likeness (QED) is 0.186. The number of amides is 1. The van der Waals surface area contributed by atoms with Crippen molar-refractivity contribution in [2.45, 2.75) is 60.3 Å². The molecule has 0 radical (unpaired) electrons. The molecule has 0 saturated carbocycles. The van der Waals surface area contributed by atoms with E-state index in [2.05, 4.69) is 34.4 Å². The fourth-order valence-corrected chi connectivity index (χ4v) is 4.46. The number of hydrogen-bond donors (Lipinski definition) is 3. The molecule has 0 fully saturated rings. The smallest absolute Gasteiger partial charge is 0.255 e. The Kier molecular flexibility index (Phi) is 10.8. The highest BCUT2D eigenvalue weighted by Gasteiger charge is 2.16. The molecule has 38 heavy (non-hydrogen) atoms. The van der Waals surface area contributed by atoms with Gasteiger partial charge >= 0.3 is 0 Å². The van der Waals surface area contributed by atoms with Gasteiger partial charge in [-0.3, -0.25) is 4.79 Å². The van der Waals surface area contributed by atoms with Gasteiger partial charge in [0.2, 0.25) is 0 Å². The Morgan fingerprint density at radius 2 is 1.66 bits per heavy atom. The predicted octanol–water partition coefficient (Wildman–Crippen LogP) is 8.91. The summed E-state index contributed by atoms with van der Waals surface area (Å²) in [6, 6.07) is 20.2. The van der Waals surface area contributed by atoms with E-state index in [0.29, 0.717) is 11.3 Å². The molecule has 0 aliphatic carbocycles. The summed E-state index contributed by atoms with van der Waals surface area (Å²) in [4.78, 5) is 19.0. The number of fused-ring (bicyclic) bond motifs is 1. The first-order valence-electron chi connectivity index (χ1n) is 13.9. The van der Waals surface area contributed by atoms with Gasteiger partial charge in [-0.2, -0.15) is 0 Å². The second kappa shape index (κ2) is 14.2. The van der Waals surface area contributed by atoms with Crippen LogP contribution in [0.25, 0.3) is 10.9 Å². The molecule has 0 aliphatic rings. The van der Waals surface area contributed by atoms with Gasteiger partial charge in [-0.15, -0.1) is 0 Å². The fraction of sp³-hybridized carbons (Fsp3) is 0.344. The van der Waals surface area contributed by atoms with Crippen molar-refractivity contribution in [1.82, 2.24) is 4.98 Å². The number of benzene rings is 3. The van der Waals surface area contributed by atoms with Gasteiger partial charge < -0.3 is 20.5 Å². The highest BCUT2D eigenvalue weighted by atomic mass is 19.1. The number of aromatic amines is 1. The summed E-state index contributed by atoms with van der Waals surface area (Å²) in [5.41, 5.74) is 5.58. The van der Waals surface area contributed by atoms with Crippen molar-refractivity contribution in [1.29, 1.82) is 0 Å². The number of carbonyl (C=O) groups excluding carboxylic acids is 1. The lowest BCUT2D eigenvalue weighted by Crippen LogP contribution is -2.25. The van der Waals surface area contributed by atoms with E-state index in [9.17, 15) is 9.18 Å². The van der Waals surface area contributed by atoms with Crippen LogP contribution in [0.2, 0.25) is 0 Å². The Bertz CT molecular complexity index is 1310. The molecule has 3 N–H and O–H groups in total. The van der Waals surface area contributed by atoms with E-state index in [-0.39, 0.29) is 11.7 Å². The van der Waals surface area contributed by atoms with Crippen LogP contribution in [0.5, 0.6) is 0 Å². The van der Waals surface area contributed by atoms with Crippen LogP contribution >= 0.6 is 0 Å². The zero-order valence-electron chi connectivity index (χ0n) is 23.3. The minimum absolute atomic E-state index is 0.138. The summed E-state index contributed by atoms with van der Waals surface area (Å²) in [6.45, 7) is 12.5. The zero-order valence-corrected chi connectivity index (χ0v) is 23.3. The Morgan fingerprint density at radius 3 is 2.32 bits per heavy atom. The van der Waals surface area contributed by atoms with Gasteiger partial charge in [0.1, 0.15) is 5.82 Å². The van der Waals surface area contributed by atoms with E-state index in [1.54, 1.807) is 18.2 Å². The Labute approximate surface area is 226 Å². The van der Waals surface area contributed by atoms with Crippen LogP contribution in [0, 0.1) is 5.82 Å². The lowest BCUT2D eigenvalue weighted by molar-refractivity contribution is 0.102. The maximum absolute atomic E-state index is 14.1. The van der Waals surface area contributed by atoms with Crippen LogP contribution in [0.15, 0.2) is 66.7 Å². The Morgan fingerprint density at radius 1 is 0.921 bits per heavy atom. The molecule has 1 amide bonds. The molecule has 0 bridgehead atoms. The fourth-order valence-electron chi connectivity index (χ4n) is 4.46. The maximum Gasteiger partial charge on any atom is 0.255 e. The van der Waals surface area contributed by atoms with Crippen molar-refractivity contribution in [2.75, 3.05) is 28.6 Å². The molecule has 6 heteroatoms. The van der Waals surface area contributed by atoms with Gasteiger partial charge in [-0.1, -0.05) is 53.2 Å². The molecule has 3 aromatic carbocycles. The summed E-state index contributed by atoms with van der Waals surface area (Å²) in [7, 11) is 0. The number of para-hydroxylation sites is 1. The first-order valence-corrected chi connectivity index (χ1v) is 13.9. The van der Waals surface area contributed by atoms with Crippen molar-refractivity contribution in [3.63, 3.8) is 0 Å². The lowest BCUT2D eigenvalue weighted by atomic mass is 10.1. The molecule has 1 heterocycles. The van der Waals surface area contributed by atoms with Crippen LogP contribution in [0.3, 0.4) is 0 Å². The van der Waals surface area contributed by atoms with Crippen LogP contribution in [0.1, 0.15) is 69.9 Å². The maximum atomic E-state index is 14.1. The molecule has 0 unspecified atom stereocenters. The summed E-state index contributed by atoms with van der Waals surface area (Å²) >= 11 is 0. The normalized spacial score (nSPS) is 10.6. The highest BCUT2D eigenvalue weighted by molar-refractivity contribution is 6.10. The number of halogens is 1. The second-order valence-corrected chi connectivity index (χ2v) is 9.04. The molecule has 4 aromatic rings. The number of unbranched alkanes of at least 4 members (excludes halogenated alkanes) is 1. The number of nitrogens with zero attached hydrogens (tertiary/aromatic N) is 1. The molecule has 4 rings (SSSR count). The second-order valence-electron chi connectivity index (χ2n) is 9.04. The van der Waals surface area contributed by atoms with Crippen LogP contribution < -0.4 is 15.5 Å². The van der Waals surface area contributed by atoms with E-state index < -0.39 is 0 Å². The highest BCUT2D eigenvalue weighted by Crippen LogP contribution is 2.32. The topological polar surface area (TPSA) is 60.2 Å². The largest absolute Gasteiger partial charge is 0.372 e. The summed E-state index contributed by atoms with van der Waals surface area (Å²) < 4.78 is 14.1. The first kappa shape index (κ1) is 28.8. The van der Waals surface area contributed by atoms with Gasteiger partial charge in [-0.25, -0.2) is 4.39 Å². The molecule has 0 aliphatic heterocycles. The zero-order chi connectivity index (χ0) is 27.5. The van der Waals surface area contributed by atoms with Crippen LogP contribution in [0.4, 0.5) is 27.1 Å². The van der Waals surface area contributed by atoms with Gasteiger partial charge in [0.15, 0.2) is 0 Å². The van der Waals surface area contributed by atoms with E-state index in [1.165, 1.54) is 6.07 Å². The molecule has 0 spiro atoms. The van der Waals surface area contributed by atoms with Gasteiger partial charge in [-0.05, 0) is 73.9 Å². The minimum Gasteiger partial charge on any atom is -0.372 e. The molecule has 0 atom stereocenters. The Hall–Kier alpha value is -3.80. The van der Waals surface area contributed by atoms with Crippen molar-refractivity contribution >= 4 is 39.6 Å². The number of anilines is 4. The SMILES string of the molecule is CC.CCCCN(CCC)c1ccc(C(=O)Nc2c(CC)[nH]c3cc(Nc4ccccc4F)ccc23)cc1. The van der Waals surface area contributed by atoms with Gasteiger partial charge in [0, 0.05) is 46.6 Å². The van der Waals surface area contributed by atoms with Gasteiger partial charge in [0.25, 0.3) is 5.91 Å². The number of aryl methyl sites for hydroxylation is 1. The first-order chi connectivity index (χ1) is 18.5.